The fourth-order valence-electron chi connectivity index (χ4n) is 2.68. The number of ether oxygens (including phenoxy) is 1. The van der Waals surface area contributed by atoms with Gasteiger partial charge in [0.2, 0.25) is 0 Å². The molecule has 0 saturated heterocycles. The van der Waals surface area contributed by atoms with Crippen molar-refractivity contribution in [2.45, 2.75) is 38.5 Å². The van der Waals surface area contributed by atoms with Crippen LogP contribution in [0.5, 0.6) is 5.75 Å². The molecule has 0 bridgehead atoms. The molecule has 0 aliphatic carbocycles. The third kappa shape index (κ3) is 3.99. The van der Waals surface area contributed by atoms with Crippen LogP contribution in [0.1, 0.15) is 30.8 Å². The monoisotopic (exact) mass is 390 g/mol. The first kappa shape index (κ1) is 18.7. The summed E-state index contributed by atoms with van der Waals surface area (Å²) < 4.78 is 34.5. The van der Waals surface area contributed by atoms with E-state index in [1.807, 2.05) is 26.0 Å². The standard InChI is InChI=1S/C19H22N2O3S2/c1-4-6-19-20-16-9-7-14(12-18(16)25-19)21-26(22,23)15-8-10-17(24-5-2)13(3)11-15/h7-12,21H,4-6H2,1-3H3. The van der Waals surface area contributed by atoms with Gasteiger partial charge >= 0.3 is 0 Å². The number of rotatable bonds is 7. The zero-order valence-electron chi connectivity index (χ0n) is 15.1. The molecule has 0 unspecified atom stereocenters. The number of benzene rings is 2. The van der Waals surface area contributed by atoms with E-state index in [0.29, 0.717) is 18.0 Å². The number of aryl methyl sites for hydroxylation is 2. The maximum absolute atomic E-state index is 12.7. The Kier molecular flexibility index (Phi) is 5.48. The minimum atomic E-state index is -3.66. The molecular formula is C19H22N2O3S2. The van der Waals surface area contributed by atoms with Crippen molar-refractivity contribution < 1.29 is 13.2 Å². The van der Waals surface area contributed by atoms with Gasteiger partial charge in [0.1, 0.15) is 5.75 Å². The van der Waals surface area contributed by atoms with E-state index in [2.05, 4.69) is 16.6 Å². The largest absolute Gasteiger partial charge is 0.494 e. The maximum atomic E-state index is 12.7. The van der Waals surface area contributed by atoms with Crippen LogP contribution in [0.25, 0.3) is 10.2 Å². The number of nitrogens with zero attached hydrogens (tertiary/aromatic N) is 1. The fourth-order valence-corrected chi connectivity index (χ4v) is 4.92. The third-order valence-electron chi connectivity index (χ3n) is 3.91. The summed E-state index contributed by atoms with van der Waals surface area (Å²) in [5.41, 5.74) is 2.23. The van der Waals surface area contributed by atoms with Crippen molar-refractivity contribution >= 4 is 37.3 Å². The van der Waals surface area contributed by atoms with Crippen molar-refractivity contribution in [3.8, 4) is 5.75 Å². The molecule has 0 saturated carbocycles. The molecular weight excluding hydrogens is 368 g/mol. The first-order valence-corrected chi connectivity index (χ1v) is 10.9. The summed E-state index contributed by atoms with van der Waals surface area (Å²) in [6.45, 7) is 6.39. The van der Waals surface area contributed by atoms with E-state index < -0.39 is 10.0 Å². The smallest absolute Gasteiger partial charge is 0.261 e. The zero-order valence-corrected chi connectivity index (χ0v) is 16.7. The van der Waals surface area contributed by atoms with Gasteiger partial charge < -0.3 is 4.74 Å². The molecule has 2 aromatic carbocycles. The topological polar surface area (TPSA) is 68.3 Å². The summed E-state index contributed by atoms with van der Waals surface area (Å²) in [6.07, 6.45) is 1.97. The summed E-state index contributed by atoms with van der Waals surface area (Å²) in [5.74, 6) is 0.695. The van der Waals surface area contributed by atoms with Gasteiger partial charge in [-0.2, -0.15) is 0 Å². The molecule has 138 valence electrons. The van der Waals surface area contributed by atoms with Crippen molar-refractivity contribution in [1.29, 1.82) is 0 Å². The lowest BCUT2D eigenvalue weighted by atomic mass is 10.2. The molecule has 3 rings (SSSR count). The lowest BCUT2D eigenvalue weighted by Gasteiger charge is -2.11. The van der Waals surface area contributed by atoms with Crippen LogP contribution in [0.4, 0.5) is 5.69 Å². The number of hydrogen-bond donors (Lipinski definition) is 1. The summed E-state index contributed by atoms with van der Waals surface area (Å²) >= 11 is 1.61. The van der Waals surface area contributed by atoms with Crippen LogP contribution in [0, 0.1) is 6.92 Å². The number of fused-ring (bicyclic) bond motifs is 1. The summed E-state index contributed by atoms with van der Waals surface area (Å²) in [4.78, 5) is 4.78. The van der Waals surface area contributed by atoms with Gasteiger partial charge in [-0.25, -0.2) is 13.4 Å². The van der Waals surface area contributed by atoms with Crippen molar-refractivity contribution in [1.82, 2.24) is 4.98 Å². The molecule has 3 aromatic rings. The molecule has 0 radical (unpaired) electrons. The van der Waals surface area contributed by atoms with Crippen molar-refractivity contribution in [2.24, 2.45) is 0 Å². The van der Waals surface area contributed by atoms with Gasteiger partial charge in [-0.05, 0) is 68.7 Å². The van der Waals surface area contributed by atoms with Crippen LogP contribution < -0.4 is 9.46 Å². The molecule has 1 aromatic heterocycles. The first-order valence-electron chi connectivity index (χ1n) is 8.58. The van der Waals surface area contributed by atoms with E-state index in [-0.39, 0.29) is 4.90 Å². The van der Waals surface area contributed by atoms with E-state index in [1.165, 1.54) is 0 Å². The minimum Gasteiger partial charge on any atom is -0.494 e. The molecule has 5 nitrogen and oxygen atoms in total. The number of thiazole rings is 1. The predicted molar refractivity (Wildman–Crippen MR) is 107 cm³/mol. The molecule has 0 aliphatic heterocycles. The minimum absolute atomic E-state index is 0.217. The molecule has 1 N–H and O–H groups in total. The van der Waals surface area contributed by atoms with E-state index in [1.54, 1.807) is 35.6 Å². The van der Waals surface area contributed by atoms with Gasteiger partial charge in [0, 0.05) is 0 Å². The van der Waals surface area contributed by atoms with Gasteiger partial charge in [-0.15, -0.1) is 11.3 Å². The van der Waals surface area contributed by atoms with Gasteiger partial charge in [0.05, 0.1) is 32.4 Å². The molecule has 0 amide bonds. The van der Waals surface area contributed by atoms with E-state index in [0.717, 1.165) is 33.6 Å². The Morgan fingerprint density at radius 1 is 1.15 bits per heavy atom. The van der Waals surface area contributed by atoms with Gasteiger partial charge in [0.15, 0.2) is 0 Å². The SMILES string of the molecule is CCCc1nc2ccc(NS(=O)(=O)c3ccc(OCC)c(C)c3)cc2s1. The maximum Gasteiger partial charge on any atom is 0.261 e. The van der Waals surface area contributed by atoms with E-state index in [9.17, 15) is 8.42 Å². The lowest BCUT2D eigenvalue weighted by molar-refractivity contribution is 0.337. The number of nitrogens with one attached hydrogen (secondary N) is 1. The van der Waals surface area contributed by atoms with Crippen LogP contribution in [0.2, 0.25) is 0 Å². The molecule has 1 heterocycles. The van der Waals surface area contributed by atoms with Crippen LogP contribution in [-0.4, -0.2) is 20.0 Å². The second-order valence-corrected chi connectivity index (χ2v) is 8.80. The summed E-state index contributed by atoms with van der Waals surface area (Å²) in [5, 5.41) is 1.07. The molecule has 0 aliphatic rings. The highest BCUT2D eigenvalue weighted by Gasteiger charge is 2.16. The summed E-state index contributed by atoms with van der Waals surface area (Å²) in [6, 6.07) is 10.3. The van der Waals surface area contributed by atoms with Gasteiger partial charge in [0.25, 0.3) is 10.0 Å². The van der Waals surface area contributed by atoms with Crippen LogP contribution in [0.3, 0.4) is 0 Å². The van der Waals surface area contributed by atoms with Crippen molar-refractivity contribution in [3.63, 3.8) is 0 Å². The van der Waals surface area contributed by atoms with Crippen LogP contribution in [0.15, 0.2) is 41.3 Å². The normalized spacial score (nSPS) is 11.7. The summed E-state index contributed by atoms with van der Waals surface area (Å²) in [7, 11) is -3.66. The van der Waals surface area contributed by atoms with E-state index >= 15 is 0 Å². The van der Waals surface area contributed by atoms with Crippen molar-refractivity contribution in [3.05, 3.63) is 47.0 Å². The molecule has 0 fully saturated rings. The first-order chi connectivity index (χ1) is 12.4. The highest BCUT2D eigenvalue weighted by molar-refractivity contribution is 7.92. The van der Waals surface area contributed by atoms with Crippen molar-refractivity contribution in [2.75, 3.05) is 11.3 Å². The van der Waals surface area contributed by atoms with Crippen LogP contribution >= 0.6 is 11.3 Å². The lowest BCUT2D eigenvalue weighted by Crippen LogP contribution is -2.13. The highest BCUT2D eigenvalue weighted by atomic mass is 32.2. The van der Waals surface area contributed by atoms with Crippen LogP contribution in [-0.2, 0) is 16.4 Å². The zero-order chi connectivity index (χ0) is 18.7. The average molecular weight is 391 g/mol. The Balaban J connectivity index is 1.86. The highest BCUT2D eigenvalue weighted by Crippen LogP contribution is 2.28. The Bertz CT molecular complexity index is 1030. The Morgan fingerprint density at radius 2 is 1.96 bits per heavy atom. The number of aromatic nitrogens is 1. The average Bonchev–Trinajstić information content (AvgIpc) is 2.98. The quantitative estimate of drug-likeness (QED) is 0.632. The number of hydrogen-bond acceptors (Lipinski definition) is 5. The second-order valence-electron chi connectivity index (χ2n) is 6.01. The van der Waals surface area contributed by atoms with E-state index in [4.69, 9.17) is 4.74 Å². The third-order valence-corrected chi connectivity index (χ3v) is 6.36. The number of anilines is 1. The van der Waals surface area contributed by atoms with Gasteiger partial charge in [-0.3, -0.25) is 4.72 Å². The fraction of sp³-hybridized carbons (Fsp3) is 0.316. The molecule has 0 atom stereocenters. The Hall–Kier alpha value is -2.12. The number of sulfonamides is 1. The molecule has 26 heavy (non-hydrogen) atoms. The predicted octanol–water partition coefficient (Wildman–Crippen LogP) is 4.76. The van der Waals surface area contributed by atoms with Gasteiger partial charge in [-0.1, -0.05) is 6.92 Å². The Labute approximate surface area is 158 Å². The Morgan fingerprint density at radius 3 is 2.65 bits per heavy atom. The molecule has 0 spiro atoms. The molecule has 7 heteroatoms. The second kappa shape index (κ2) is 7.63.